The minimum Gasteiger partial charge on any atom is -0.328 e. The molecule has 2 aromatic heterocycles. The summed E-state index contributed by atoms with van der Waals surface area (Å²) in [5, 5.41) is 9.30. The van der Waals surface area contributed by atoms with Crippen LogP contribution < -0.4 is 10.9 Å². The maximum Gasteiger partial charge on any atom is 0.257 e. The number of nitrogens with zero attached hydrogens (tertiary/aromatic N) is 2. The van der Waals surface area contributed by atoms with Gasteiger partial charge in [0.1, 0.15) is 6.33 Å². The topological polar surface area (TPSA) is 104 Å². The molecule has 7 nitrogen and oxygen atoms in total. The Morgan fingerprint density at radius 1 is 1.19 bits per heavy atom. The van der Waals surface area contributed by atoms with Gasteiger partial charge in [0, 0.05) is 23.5 Å². The minimum absolute atomic E-state index is 0.251. The van der Waals surface area contributed by atoms with E-state index in [0.29, 0.717) is 17.1 Å². The number of carbonyl (C=O) groups excluding carboxylic acids is 1. The van der Waals surface area contributed by atoms with Gasteiger partial charge in [-0.15, -0.1) is 0 Å². The van der Waals surface area contributed by atoms with Crippen LogP contribution in [-0.2, 0) is 0 Å². The van der Waals surface area contributed by atoms with Crippen molar-refractivity contribution in [2.24, 2.45) is 0 Å². The van der Waals surface area contributed by atoms with E-state index < -0.39 is 0 Å². The number of H-pyrrole nitrogens is 2. The monoisotopic (exact) mass is 281 g/mol. The molecule has 1 amide bonds. The summed E-state index contributed by atoms with van der Waals surface area (Å²) in [6.45, 7) is 0. The molecule has 0 atom stereocenters. The van der Waals surface area contributed by atoms with Crippen LogP contribution in [0.3, 0.4) is 0 Å². The van der Waals surface area contributed by atoms with Crippen molar-refractivity contribution in [2.45, 2.75) is 0 Å². The average Bonchev–Trinajstić information content (AvgIpc) is 3.02. The van der Waals surface area contributed by atoms with E-state index in [-0.39, 0.29) is 11.5 Å². The van der Waals surface area contributed by atoms with Gasteiger partial charge in [-0.2, -0.15) is 5.10 Å². The molecule has 3 N–H and O–H groups in total. The van der Waals surface area contributed by atoms with Gasteiger partial charge < -0.3 is 10.3 Å². The van der Waals surface area contributed by atoms with Crippen molar-refractivity contribution in [2.75, 3.05) is 5.32 Å². The zero-order valence-corrected chi connectivity index (χ0v) is 10.8. The maximum absolute atomic E-state index is 12.1. The lowest BCUT2D eigenvalue weighted by molar-refractivity contribution is 0.102. The summed E-state index contributed by atoms with van der Waals surface area (Å²) in [5.74, 6) is 0.316. The van der Waals surface area contributed by atoms with Gasteiger partial charge >= 0.3 is 0 Å². The van der Waals surface area contributed by atoms with Gasteiger partial charge in [0.05, 0.1) is 5.56 Å². The second-order valence-electron chi connectivity index (χ2n) is 4.31. The minimum atomic E-state index is -0.305. The summed E-state index contributed by atoms with van der Waals surface area (Å²) >= 11 is 0. The van der Waals surface area contributed by atoms with Crippen molar-refractivity contribution in [1.82, 2.24) is 20.2 Å². The molecule has 0 saturated heterocycles. The van der Waals surface area contributed by atoms with Gasteiger partial charge in [0.2, 0.25) is 5.56 Å². The zero-order chi connectivity index (χ0) is 14.7. The molecule has 0 aliphatic carbocycles. The Morgan fingerprint density at radius 2 is 2.10 bits per heavy atom. The number of amides is 1. The van der Waals surface area contributed by atoms with E-state index in [9.17, 15) is 9.59 Å². The lowest BCUT2D eigenvalue weighted by atomic mass is 10.2. The van der Waals surface area contributed by atoms with Crippen molar-refractivity contribution in [3.05, 3.63) is 64.8 Å². The quantitative estimate of drug-likeness (QED) is 0.675. The number of rotatable bonds is 3. The highest BCUT2D eigenvalue weighted by molar-refractivity contribution is 6.04. The van der Waals surface area contributed by atoms with Crippen LogP contribution in [0, 0.1) is 0 Å². The fraction of sp³-hybridized carbons (Fsp3) is 0. The van der Waals surface area contributed by atoms with E-state index in [1.807, 2.05) is 6.07 Å². The third kappa shape index (κ3) is 2.86. The molecule has 3 rings (SSSR count). The standard InChI is InChI=1S/C14H11N5O2/c20-12-5-4-10(7-15-12)14(21)18-11-3-1-2-9(6-11)13-16-8-17-19-13/h1-8H,(H,15,20)(H,18,21)(H,16,17,19). The number of hydrogen-bond donors (Lipinski definition) is 3. The van der Waals surface area contributed by atoms with Crippen LogP contribution in [0.5, 0.6) is 0 Å². The Kier molecular flexibility index (Phi) is 3.30. The molecule has 0 bridgehead atoms. The van der Waals surface area contributed by atoms with E-state index in [2.05, 4.69) is 25.5 Å². The SMILES string of the molecule is O=C(Nc1cccc(-c2ncn[nH]2)c1)c1ccc(=O)[nH]c1. The third-order valence-electron chi connectivity index (χ3n) is 2.86. The Hall–Kier alpha value is -3.22. The number of benzene rings is 1. The molecule has 7 heteroatoms. The van der Waals surface area contributed by atoms with E-state index >= 15 is 0 Å². The number of anilines is 1. The summed E-state index contributed by atoms with van der Waals surface area (Å²) in [4.78, 5) is 29.5. The van der Waals surface area contributed by atoms with Gasteiger partial charge in [0.15, 0.2) is 5.82 Å². The first-order valence-electron chi connectivity index (χ1n) is 6.18. The maximum atomic E-state index is 12.1. The predicted molar refractivity (Wildman–Crippen MR) is 76.8 cm³/mol. The number of aromatic amines is 2. The summed E-state index contributed by atoms with van der Waals surface area (Å²) < 4.78 is 0. The van der Waals surface area contributed by atoms with Crippen LogP contribution in [0.1, 0.15) is 10.4 Å². The lowest BCUT2D eigenvalue weighted by Gasteiger charge is -2.06. The predicted octanol–water partition coefficient (Wildman–Crippen LogP) is 1.41. The highest BCUT2D eigenvalue weighted by atomic mass is 16.1. The van der Waals surface area contributed by atoms with Gasteiger partial charge in [-0.25, -0.2) is 4.98 Å². The molecule has 0 spiro atoms. The first-order valence-corrected chi connectivity index (χ1v) is 6.18. The number of nitrogens with one attached hydrogen (secondary N) is 3. The molecule has 21 heavy (non-hydrogen) atoms. The number of carbonyl (C=O) groups is 1. The molecule has 0 aliphatic rings. The van der Waals surface area contributed by atoms with Gasteiger partial charge in [-0.1, -0.05) is 12.1 Å². The molecule has 0 aliphatic heterocycles. The van der Waals surface area contributed by atoms with Crippen LogP contribution in [0.15, 0.2) is 53.7 Å². The van der Waals surface area contributed by atoms with Crippen LogP contribution in [0.2, 0.25) is 0 Å². The van der Waals surface area contributed by atoms with Gasteiger partial charge in [-0.05, 0) is 18.2 Å². The molecular weight excluding hydrogens is 270 g/mol. The summed E-state index contributed by atoms with van der Waals surface area (Å²) in [5.41, 5.74) is 1.56. The molecule has 0 saturated carbocycles. The van der Waals surface area contributed by atoms with Crippen molar-refractivity contribution >= 4 is 11.6 Å². The highest BCUT2D eigenvalue weighted by Crippen LogP contribution is 2.19. The third-order valence-corrected chi connectivity index (χ3v) is 2.86. The van der Waals surface area contributed by atoms with Gasteiger partial charge in [0.25, 0.3) is 5.91 Å². The normalized spacial score (nSPS) is 10.3. The zero-order valence-electron chi connectivity index (χ0n) is 10.8. The summed E-state index contributed by atoms with van der Waals surface area (Å²) in [6, 6.07) is 9.98. The first kappa shape index (κ1) is 12.8. The molecule has 1 aromatic carbocycles. The number of pyridine rings is 1. The second kappa shape index (κ2) is 5.41. The van der Waals surface area contributed by atoms with Crippen LogP contribution >= 0.6 is 0 Å². The van der Waals surface area contributed by atoms with E-state index in [4.69, 9.17) is 0 Å². The molecule has 0 unspecified atom stereocenters. The summed E-state index contributed by atoms with van der Waals surface area (Å²) in [6.07, 6.45) is 2.79. The Morgan fingerprint density at radius 3 is 2.81 bits per heavy atom. The highest BCUT2D eigenvalue weighted by Gasteiger charge is 2.07. The van der Waals surface area contributed by atoms with Crippen LogP contribution in [0.4, 0.5) is 5.69 Å². The molecule has 0 fully saturated rings. The van der Waals surface area contributed by atoms with Crippen LogP contribution in [-0.4, -0.2) is 26.1 Å². The molecule has 3 aromatic rings. The Balaban J connectivity index is 1.82. The fourth-order valence-corrected chi connectivity index (χ4v) is 1.84. The number of hydrogen-bond acceptors (Lipinski definition) is 4. The largest absolute Gasteiger partial charge is 0.328 e. The lowest BCUT2D eigenvalue weighted by Crippen LogP contribution is -2.14. The van der Waals surface area contributed by atoms with Crippen molar-refractivity contribution in [3.63, 3.8) is 0 Å². The Bertz CT molecular complexity index is 803. The van der Waals surface area contributed by atoms with E-state index in [0.717, 1.165) is 5.56 Å². The molecule has 2 heterocycles. The van der Waals surface area contributed by atoms with E-state index in [1.165, 1.54) is 24.7 Å². The van der Waals surface area contributed by atoms with Crippen molar-refractivity contribution < 1.29 is 4.79 Å². The number of aromatic nitrogens is 4. The fourth-order valence-electron chi connectivity index (χ4n) is 1.84. The van der Waals surface area contributed by atoms with Crippen molar-refractivity contribution in [1.29, 1.82) is 0 Å². The van der Waals surface area contributed by atoms with Crippen molar-refractivity contribution in [3.8, 4) is 11.4 Å². The van der Waals surface area contributed by atoms with E-state index in [1.54, 1.807) is 18.2 Å². The smallest absolute Gasteiger partial charge is 0.257 e. The first-order chi connectivity index (χ1) is 10.2. The average molecular weight is 281 g/mol. The Labute approximate surface area is 119 Å². The van der Waals surface area contributed by atoms with Crippen LogP contribution in [0.25, 0.3) is 11.4 Å². The van der Waals surface area contributed by atoms with Gasteiger partial charge in [-0.3, -0.25) is 14.7 Å². The molecule has 0 radical (unpaired) electrons. The second-order valence-corrected chi connectivity index (χ2v) is 4.31. The molecular formula is C14H11N5O2. The molecule has 104 valence electrons. The summed E-state index contributed by atoms with van der Waals surface area (Å²) in [7, 11) is 0.